The summed E-state index contributed by atoms with van der Waals surface area (Å²) in [6.45, 7) is 0. The summed E-state index contributed by atoms with van der Waals surface area (Å²) < 4.78 is 0. The van der Waals surface area contributed by atoms with E-state index in [1.807, 2.05) is 48.5 Å². The molecule has 0 bridgehead atoms. The predicted molar refractivity (Wildman–Crippen MR) is 216 cm³/mol. The molecule has 6 aromatic rings. The van der Waals surface area contributed by atoms with Gasteiger partial charge in [0.15, 0.2) is 0 Å². The molecule has 6 rings (SSSR count). The highest BCUT2D eigenvalue weighted by Gasteiger charge is 2.07. The first-order valence-electron chi connectivity index (χ1n) is 15.9. The number of para-hydroxylation sites is 2. The van der Waals surface area contributed by atoms with Gasteiger partial charge in [-0.25, -0.2) is 0 Å². The van der Waals surface area contributed by atoms with E-state index >= 15 is 0 Å². The van der Waals surface area contributed by atoms with Gasteiger partial charge in [0.25, 0.3) is 0 Å². The molecule has 12 heteroatoms. The third kappa shape index (κ3) is 10.6. The highest BCUT2D eigenvalue weighted by atomic mass is 35.5. The molecule has 0 saturated carbocycles. The van der Waals surface area contributed by atoms with Crippen molar-refractivity contribution in [3.8, 4) is 11.5 Å². The molecule has 0 aromatic heterocycles. The first-order chi connectivity index (χ1) is 25.4. The van der Waals surface area contributed by atoms with E-state index in [0.717, 1.165) is 32.7 Å². The summed E-state index contributed by atoms with van der Waals surface area (Å²) in [7, 11) is 0. The maximum absolute atomic E-state index is 10.5. The molecule has 0 aliphatic rings. The minimum absolute atomic E-state index is 0.0969. The molecule has 0 heterocycles. The van der Waals surface area contributed by atoms with E-state index in [9.17, 15) is 10.2 Å². The molecule has 52 heavy (non-hydrogen) atoms. The summed E-state index contributed by atoms with van der Waals surface area (Å²) >= 11 is 15.3. The van der Waals surface area contributed by atoms with Crippen LogP contribution in [0, 0.1) is 0 Å². The Labute approximate surface area is 319 Å². The van der Waals surface area contributed by atoms with E-state index in [2.05, 4.69) is 20.5 Å². The number of aromatic hydroxyl groups is 2. The van der Waals surface area contributed by atoms with Gasteiger partial charge in [0.05, 0.1) is 34.1 Å². The summed E-state index contributed by atoms with van der Waals surface area (Å²) in [5.41, 5.74) is 5.16. The smallest absolute Gasteiger partial charge is 0.124 e. The van der Waals surface area contributed by atoms with Gasteiger partial charge >= 0.3 is 0 Å². The van der Waals surface area contributed by atoms with Crippen molar-refractivity contribution in [3.63, 3.8) is 0 Å². The number of nitrogens with zero attached hydrogens (tertiary/aromatic N) is 6. The van der Waals surface area contributed by atoms with E-state index in [4.69, 9.17) is 33.2 Å². The lowest BCUT2D eigenvalue weighted by Gasteiger charge is -2.07. The first kappa shape index (κ1) is 36.5. The second kappa shape index (κ2) is 18.3. The zero-order valence-corrected chi connectivity index (χ0v) is 30.6. The molecule has 0 amide bonds. The van der Waals surface area contributed by atoms with Crippen molar-refractivity contribution in [1.29, 1.82) is 0 Å². The number of phenolic OH excluding ortho intramolecular Hbond substituents is 2. The van der Waals surface area contributed by atoms with Crippen LogP contribution in [0.3, 0.4) is 0 Å². The Bertz CT molecular complexity index is 2100. The average molecular weight is 762 g/mol. The Morgan fingerprint density at radius 3 is 1.25 bits per heavy atom. The van der Waals surface area contributed by atoms with Crippen molar-refractivity contribution >= 4 is 93.3 Å². The fourth-order valence-corrected chi connectivity index (χ4v) is 6.86. The lowest BCUT2D eigenvalue weighted by atomic mass is 10.2. The Kier molecular flexibility index (Phi) is 12.9. The third-order valence-electron chi connectivity index (χ3n) is 7.25. The van der Waals surface area contributed by atoms with Crippen LogP contribution in [0.2, 0.25) is 10.0 Å². The molecular formula is C40H30Cl2N6O2S2. The quantitative estimate of drug-likeness (QED) is 0.0528. The van der Waals surface area contributed by atoms with Crippen LogP contribution in [0.5, 0.6) is 11.5 Å². The summed E-state index contributed by atoms with van der Waals surface area (Å²) in [5, 5.41) is 39.3. The standard InChI is InChI=1S/C40H30Cl2N6O2S2/c41-29-9-13-31(14-10-29)45-47-33-17-19-37(49)27(23-33)25-43-35-5-1-3-7-39(35)51-21-22-52-40-8-4-2-6-36(40)44-26-28-24-34(18-20-38(28)50)48-46-32-15-11-30(42)12-16-32/h1-20,23-26,49-50H,21-22H2. The molecule has 0 unspecified atom stereocenters. The van der Waals surface area contributed by atoms with Crippen LogP contribution < -0.4 is 0 Å². The van der Waals surface area contributed by atoms with Crippen LogP contribution in [-0.4, -0.2) is 34.1 Å². The number of thioether (sulfide) groups is 2. The van der Waals surface area contributed by atoms with Gasteiger partial charge in [-0.15, -0.1) is 23.5 Å². The fraction of sp³-hybridized carbons (Fsp3) is 0.0500. The van der Waals surface area contributed by atoms with Crippen molar-refractivity contribution in [1.82, 2.24) is 0 Å². The van der Waals surface area contributed by atoms with Crippen LogP contribution in [0.25, 0.3) is 0 Å². The fourth-order valence-electron chi connectivity index (χ4n) is 4.61. The Morgan fingerprint density at radius 2 is 0.827 bits per heavy atom. The van der Waals surface area contributed by atoms with Gasteiger partial charge in [-0.2, -0.15) is 20.5 Å². The Morgan fingerprint density at radius 1 is 0.462 bits per heavy atom. The maximum Gasteiger partial charge on any atom is 0.124 e. The van der Waals surface area contributed by atoms with Crippen LogP contribution >= 0.6 is 46.7 Å². The SMILES string of the molecule is Oc1ccc(N=Nc2ccc(Cl)cc2)cc1C=Nc1ccccc1SCCSc1ccccc1N=Cc1cc(N=Nc2ccc(Cl)cc2)ccc1O. The predicted octanol–water partition coefficient (Wildman–Crippen LogP) is 13.6. The van der Waals surface area contributed by atoms with Crippen LogP contribution in [0.15, 0.2) is 174 Å². The van der Waals surface area contributed by atoms with Crippen LogP contribution in [-0.2, 0) is 0 Å². The largest absolute Gasteiger partial charge is 0.507 e. The summed E-state index contributed by atoms with van der Waals surface area (Å²) in [6.07, 6.45) is 3.27. The molecule has 0 spiro atoms. The van der Waals surface area contributed by atoms with Crippen LogP contribution in [0.1, 0.15) is 11.1 Å². The number of rotatable bonds is 13. The zero-order valence-electron chi connectivity index (χ0n) is 27.4. The topological polar surface area (TPSA) is 115 Å². The van der Waals surface area contributed by atoms with Gasteiger partial charge < -0.3 is 10.2 Å². The van der Waals surface area contributed by atoms with Gasteiger partial charge in [0.2, 0.25) is 0 Å². The normalized spacial score (nSPS) is 11.8. The monoisotopic (exact) mass is 760 g/mol. The molecule has 2 N–H and O–H groups in total. The lowest BCUT2D eigenvalue weighted by molar-refractivity contribution is 0.474. The van der Waals surface area contributed by atoms with E-state index < -0.39 is 0 Å². The summed E-state index contributed by atoms with van der Waals surface area (Å²) in [4.78, 5) is 11.4. The summed E-state index contributed by atoms with van der Waals surface area (Å²) in [6, 6.07) is 39.9. The van der Waals surface area contributed by atoms with E-state index in [0.29, 0.717) is 43.9 Å². The molecule has 0 saturated heterocycles. The lowest BCUT2D eigenvalue weighted by Crippen LogP contribution is -1.87. The highest BCUT2D eigenvalue weighted by molar-refractivity contribution is 8.03. The number of hydrogen-bond donors (Lipinski definition) is 2. The minimum atomic E-state index is 0.0969. The van der Waals surface area contributed by atoms with Crippen molar-refractivity contribution in [3.05, 3.63) is 155 Å². The van der Waals surface area contributed by atoms with Gasteiger partial charge in [0, 0.05) is 54.9 Å². The number of azo groups is 2. The molecular weight excluding hydrogens is 732 g/mol. The third-order valence-corrected chi connectivity index (χ3v) is 10.1. The van der Waals surface area contributed by atoms with Gasteiger partial charge in [-0.1, -0.05) is 47.5 Å². The molecule has 0 aliphatic heterocycles. The molecule has 0 radical (unpaired) electrons. The first-order valence-corrected chi connectivity index (χ1v) is 18.6. The second-order valence-electron chi connectivity index (χ2n) is 11.0. The van der Waals surface area contributed by atoms with Gasteiger partial charge in [-0.3, -0.25) is 9.98 Å². The van der Waals surface area contributed by atoms with E-state index in [1.54, 1.807) is 121 Å². The Balaban J connectivity index is 1.07. The van der Waals surface area contributed by atoms with E-state index in [1.165, 1.54) is 0 Å². The molecule has 0 atom stereocenters. The van der Waals surface area contributed by atoms with Crippen molar-refractivity contribution < 1.29 is 10.2 Å². The second-order valence-corrected chi connectivity index (χ2v) is 14.1. The van der Waals surface area contributed by atoms with E-state index in [-0.39, 0.29) is 11.5 Å². The van der Waals surface area contributed by atoms with Crippen molar-refractivity contribution in [2.75, 3.05) is 11.5 Å². The molecule has 6 aromatic carbocycles. The van der Waals surface area contributed by atoms with Crippen LogP contribution in [0.4, 0.5) is 34.1 Å². The highest BCUT2D eigenvalue weighted by Crippen LogP contribution is 2.34. The average Bonchev–Trinajstić information content (AvgIpc) is 3.17. The molecule has 0 aliphatic carbocycles. The van der Waals surface area contributed by atoms with Crippen molar-refractivity contribution in [2.24, 2.45) is 30.4 Å². The molecule has 258 valence electrons. The minimum Gasteiger partial charge on any atom is -0.507 e. The summed E-state index contributed by atoms with van der Waals surface area (Å²) in [5.74, 6) is 1.84. The molecule has 8 nitrogen and oxygen atoms in total. The number of benzene rings is 6. The van der Waals surface area contributed by atoms with Crippen molar-refractivity contribution in [2.45, 2.75) is 9.79 Å². The Hall–Kier alpha value is -5.26. The number of phenols is 2. The number of halogens is 2. The zero-order chi connectivity index (χ0) is 36.1. The number of aliphatic imine (C=N–C) groups is 2. The van der Waals surface area contributed by atoms with Gasteiger partial charge in [0.1, 0.15) is 11.5 Å². The van der Waals surface area contributed by atoms with Gasteiger partial charge in [-0.05, 0) is 109 Å². The molecule has 0 fully saturated rings. The number of hydrogen-bond acceptors (Lipinski definition) is 10. The maximum atomic E-state index is 10.5.